The van der Waals surface area contributed by atoms with E-state index in [-0.39, 0.29) is 24.7 Å². The molecule has 7 nitrogen and oxygen atoms in total. The quantitative estimate of drug-likeness (QED) is 0.521. The summed E-state index contributed by atoms with van der Waals surface area (Å²) in [5.74, 6) is 0.153. The minimum absolute atomic E-state index is 0.0562. The first-order valence-corrected chi connectivity index (χ1v) is 6.36. The minimum Gasteiger partial charge on any atom is -0.484 e. The third kappa shape index (κ3) is 5.12. The topological polar surface area (TPSA) is 93.9 Å². The first kappa shape index (κ1) is 16.4. The maximum Gasteiger partial charge on any atom is 0.310 e. The minimum atomic E-state index is -0.822. The normalized spacial score (nSPS) is 12.2. The van der Waals surface area contributed by atoms with Gasteiger partial charge in [-0.25, -0.2) is 0 Å². The highest BCUT2D eigenvalue weighted by Crippen LogP contribution is 2.28. The van der Waals surface area contributed by atoms with Crippen molar-refractivity contribution in [3.05, 3.63) is 33.9 Å². The number of nitro benzene ring substituents is 1. The Balaban J connectivity index is 2.80. The van der Waals surface area contributed by atoms with Gasteiger partial charge in [0.2, 0.25) is 0 Å². The van der Waals surface area contributed by atoms with E-state index < -0.39 is 11.0 Å². The molecule has 1 rings (SSSR count). The molecule has 1 unspecified atom stereocenters. The zero-order chi connectivity index (χ0) is 15.0. The number of hydrogen-bond donors (Lipinski definition) is 2. The van der Waals surface area contributed by atoms with E-state index in [4.69, 9.17) is 9.47 Å². The van der Waals surface area contributed by atoms with E-state index in [1.165, 1.54) is 13.2 Å². The first-order valence-electron chi connectivity index (χ1n) is 6.36. The number of ether oxygens (including phenoxy) is 2. The van der Waals surface area contributed by atoms with Crippen LogP contribution in [-0.2, 0) is 11.3 Å². The summed E-state index contributed by atoms with van der Waals surface area (Å²) < 4.78 is 10.1. The number of benzene rings is 1. The molecule has 0 fully saturated rings. The van der Waals surface area contributed by atoms with Crippen molar-refractivity contribution < 1.29 is 19.5 Å². The van der Waals surface area contributed by atoms with Crippen molar-refractivity contribution in [2.24, 2.45) is 0 Å². The number of nitrogens with one attached hydrogen (secondary N) is 1. The molecule has 0 aliphatic carbocycles. The number of rotatable bonds is 9. The monoisotopic (exact) mass is 284 g/mol. The molecule has 2 N–H and O–H groups in total. The summed E-state index contributed by atoms with van der Waals surface area (Å²) in [4.78, 5) is 10.4. The summed E-state index contributed by atoms with van der Waals surface area (Å²) in [7, 11) is 1.46. The van der Waals surface area contributed by atoms with Crippen LogP contribution in [-0.4, -0.2) is 43.0 Å². The number of nitro groups is 1. The molecular formula is C13H20N2O5. The van der Waals surface area contributed by atoms with Gasteiger partial charge in [-0.3, -0.25) is 10.1 Å². The molecule has 0 heterocycles. The molecule has 0 amide bonds. The van der Waals surface area contributed by atoms with Crippen LogP contribution in [0.5, 0.6) is 5.75 Å². The maximum absolute atomic E-state index is 10.9. The summed E-state index contributed by atoms with van der Waals surface area (Å²) in [6.07, 6.45) is -0.822. The predicted molar refractivity (Wildman–Crippen MR) is 73.9 cm³/mol. The molecule has 0 aliphatic rings. The lowest BCUT2D eigenvalue weighted by Gasteiger charge is -2.12. The number of methoxy groups -OCH3 is 1. The van der Waals surface area contributed by atoms with Crippen molar-refractivity contribution in [1.82, 2.24) is 5.32 Å². The molecule has 0 saturated heterocycles. The molecule has 0 aromatic heterocycles. The fraction of sp³-hybridized carbons (Fsp3) is 0.538. The Morgan fingerprint density at radius 2 is 2.20 bits per heavy atom. The van der Waals surface area contributed by atoms with Gasteiger partial charge in [0.15, 0.2) is 5.75 Å². The number of nitrogens with zero attached hydrogens (tertiary/aromatic N) is 1. The maximum atomic E-state index is 10.9. The van der Waals surface area contributed by atoms with Gasteiger partial charge in [0.1, 0.15) is 12.7 Å². The van der Waals surface area contributed by atoms with Crippen LogP contribution in [0, 0.1) is 10.1 Å². The molecule has 20 heavy (non-hydrogen) atoms. The Labute approximate surface area is 117 Å². The molecule has 112 valence electrons. The molecule has 0 bridgehead atoms. The van der Waals surface area contributed by atoms with Crippen LogP contribution in [0.1, 0.15) is 12.5 Å². The number of hydrogen-bond acceptors (Lipinski definition) is 6. The number of aliphatic hydroxyl groups excluding tert-OH is 1. The van der Waals surface area contributed by atoms with Gasteiger partial charge >= 0.3 is 5.69 Å². The summed E-state index contributed by atoms with van der Waals surface area (Å²) in [6, 6.07) is 4.70. The third-order valence-corrected chi connectivity index (χ3v) is 2.59. The largest absolute Gasteiger partial charge is 0.484 e. The molecule has 1 aromatic carbocycles. The predicted octanol–water partition coefficient (Wildman–Crippen LogP) is 1.09. The standard InChI is InChI=1S/C13H20N2O5/c1-3-14-7-10-4-5-12(15(17)18)13(6-10)20-9-11(16)8-19-2/h4-6,11,14,16H,3,7-9H2,1-2H3. The van der Waals surface area contributed by atoms with Gasteiger partial charge in [0.05, 0.1) is 11.5 Å². The van der Waals surface area contributed by atoms with Crippen LogP contribution in [0.2, 0.25) is 0 Å². The molecule has 0 radical (unpaired) electrons. The first-order chi connectivity index (χ1) is 9.58. The van der Waals surface area contributed by atoms with Gasteiger partial charge in [0.25, 0.3) is 0 Å². The third-order valence-electron chi connectivity index (χ3n) is 2.59. The molecule has 7 heteroatoms. The Bertz CT molecular complexity index is 439. The van der Waals surface area contributed by atoms with Crippen molar-refractivity contribution in [3.63, 3.8) is 0 Å². The Kier molecular flexibility index (Phi) is 6.92. The SMILES string of the molecule is CCNCc1ccc([N+](=O)[O-])c(OCC(O)COC)c1. The van der Waals surface area contributed by atoms with Gasteiger partial charge < -0.3 is 19.9 Å². The van der Waals surface area contributed by atoms with E-state index in [0.29, 0.717) is 6.54 Å². The van der Waals surface area contributed by atoms with E-state index >= 15 is 0 Å². The fourth-order valence-electron chi connectivity index (χ4n) is 1.63. The van der Waals surface area contributed by atoms with E-state index in [0.717, 1.165) is 12.1 Å². The highest BCUT2D eigenvalue weighted by Gasteiger charge is 2.17. The van der Waals surface area contributed by atoms with Gasteiger partial charge in [-0.05, 0) is 18.2 Å². The lowest BCUT2D eigenvalue weighted by molar-refractivity contribution is -0.385. The van der Waals surface area contributed by atoms with Crippen molar-refractivity contribution >= 4 is 5.69 Å². The average molecular weight is 284 g/mol. The van der Waals surface area contributed by atoms with Crippen molar-refractivity contribution in [2.75, 3.05) is 26.9 Å². The van der Waals surface area contributed by atoms with Gasteiger partial charge in [-0.15, -0.1) is 0 Å². The van der Waals surface area contributed by atoms with Crippen LogP contribution < -0.4 is 10.1 Å². The van der Waals surface area contributed by atoms with Gasteiger partial charge in [-0.2, -0.15) is 0 Å². The highest BCUT2D eigenvalue weighted by atomic mass is 16.6. The zero-order valence-electron chi connectivity index (χ0n) is 11.7. The van der Waals surface area contributed by atoms with Gasteiger partial charge in [-0.1, -0.05) is 13.0 Å². The summed E-state index contributed by atoms with van der Waals surface area (Å²) >= 11 is 0. The lowest BCUT2D eigenvalue weighted by Crippen LogP contribution is -2.23. The van der Waals surface area contributed by atoms with E-state index in [2.05, 4.69) is 5.32 Å². The summed E-state index contributed by atoms with van der Waals surface area (Å²) in [6.45, 7) is 3.44. The molecule has 1 atom stereocenters. The Hall–Kier alpha value is -1.70. The second-order valence-electron chi connectivity index (χ2n) is 4.26. The van der Waals surface area contributed by atoms with Crippen molar-refractivity contribution in [3.8, 4) is 5.75 Å². The van der Waals surface area contributed by atoms with Crippen LogP contribution >= 0.6 is 0 Å². The van der Waals surface area contributed by atoms with Crippen LogP contribution in [0.4, 0.5) is 5.69 Å². The van der Waals surface area contributed by atoms with Crippen LogP contribution in [0.3, 0.4) is 0 Å². The Morgan fingerprint density at radius 1 is 1.45 bits per heavy atom. The smallest absolute Gasteiger partial charge is 0.310 e. The van der Waals surface area contributed by atoms with Gasteiger partial charge in [0, 0.05) is 19.7 Å². The Morgan fingerprint density at radius 3 is 2.80 bits per heavy atom. The molecule has 1 aromatic rings. The second-order valence-corrected chi connectivity index (χ2v) is 4.26. The van der Waals surface area contributed by atoms with E-state index in [9.17, 15) is 15.2 Å². The highest BCUT2D eigenvalue weighted by molar-refractivity contribution is 5.48. The van der Waals surface area contributed by atoms with Crippen LogP contribution in [0.25, 0.3) is 0 Å². The lowest BCUT2D eigenvalue weighted by atomic mass is 10.2. The molecule has 0 saturated carbocycles. The van der Waals surface area contributed by atoms with Crippen molar-refractivity contribution in [2.45, 2.75) is 19.6 Å². The van der Waals surface area contributed by atoms with E-state index in [1.54, 1.807) is 12.1 Å². The number of aliphatic hydroxyl groups is 1. The zero-order valence-corrected chi connectivity index (χ0v) is 11.7. The van der Waals surface area contributed by atoms with Crippen LogP contribution in [0.15, 0.2) is 18.2 Å². The fourth-order valence-corrected chi connectivity index (χ4v) is 1.63. The average Bonchev–Trinajstić information content (AvgIpc) is 2.43. The molecule has 0 aliphatic heterocycles. The molecular weight excluding hydrogens is 264 g/mol. The second kappa shape index (κ2) is 8.47. The summed E-state index contributed by atoms with van der Waals surface area (Å²) in [5, 5.41) is 23.6. The van der Waals surface area contributed by atoms with Crippen molar-refractivity contribution in [1.29, 1.82) is 0 Å². The van der Waals surface area contributed by atoms with E-state index in [1.807, 2.05) is 6.92 Å². The molecule has 0 spiro atoms. The summed E-state index contributed by atoms with van der Waals surface area (Å²) in [5.41, 5.74) is 0.767.